The highest BCUT2D eigenvalue weighted by Crippen LogP contribution is 2.23. The van der Waals surface area contributed by atoms with Gasteiger partial charge in [0.25, 0.3) is 0 Å². The summed E-state index contributed by atoms with van der Waals surface area (Å²) in [5.74, 6) is 1.66. The van der Waals surface area contributed by atoms with Crippen molar-refractivity contribution in [2.24, 2.45) is 0 Å². The summed E-state index contributed by atoms with van der Waals surface area (Å²) in [5.41, 5.74) is 2.63. The highest BCUT2D eigenvalue weighted by atomic mass is 16.5. The van der Waals surface area contributed by atoms with E-state index < -0.39 is 0 Å². The molecule has 0 unspecified atom stereocenters. The first-order valence-corrected chi connectivity index (χ1v) is 12.0. The summed E-state index contributed by atoms with van der Waals surface area (Å²) in [6.07, 6.45) is 1.43. The lowest BCUT2D eigenvalue weighted by molar-refractivity contribution is 0.148. The second-order valence-electron chi connectivity index (χ2n) is 8.64. The highest BCUT2D eigenvalue weighted by Gasteiger charge is 2.14. The van der Waals surface area contributed by atoms with Crippen LogP contribution < -0.4 is 20.7 Å². The van der Waals surface area contributed by atoms with Gasteiger partial charge in [0.15, 0.2) is 0 Å². The van der Waals surface area contributed by atoms with Crippen LogP contribution in [0, 0.1) is 0 Å². The number of benzene rings is 2. The van der Waals surface area contributed by atoms with Crippen LogP contribution in [0.15, 0.2) is 60.9 Å². The molecule has 0 aliphatic carbocycles. The molecule has 36 heavy (non-hydrogen) atoms. The van der Waals surface area contributed by atoms with Gasteiger partial charge < -0.3 is 30.3 Å². The van der Waals surface area contributed by atoms with E-state index >= 15 is 0 Å². The van der Waals surface area contributed by atoms with E-state index in [-0.39, 0.29) is 6.03 Å². The van der Waals surface area contributed by atoms with E-state index in [2.05, 4.69) is 54.9 Å². The van der Waals surface area contributed by atoms with Crippen molar-refractivity contribution in [2.75, 3.05) is 69.4 Å². The topological polar surface area (TPSA) is 104 Å². The number of aromatic nitrogens is 2. The molecule has 2 aromatic carbocycles. The van der Waals surface area contributed by atoms with Crippen molar-refractivity contribution in [1.29, 1.82) is 0 Å². The van der Waals surface area contributed by atoms with Crippen molar-refractivity contribution in [3.63, 3.8) is 0 Å². The molecule has 0 atom stereocenters. The van der Waals surface area contributed by atoms with Crippen molar-refractivity contribution >= 4 is 23.2 Å². The number of methoxy groups -OCH3 is 1. The second-order valence-corrected chi connectivity index (χ2v) is 8.64. The third kappa shape index (κ3) is 7.91. The fraction of sp³-hybridized carbons (Fsp3) is 0.346. The van der Waals surface area contributed by atoms with Crippen LogP contribution in [-0.2, 0) is 11.3 Å². The highest BCUT2D eigenvalue weighted by molar-refractivity contribution is 5.99. The van der Waals surface area contributed by atoms with Crippen LogP contribution in [-0.4, -0.2) is 79.3 Å². The van der Waals surface area contributed by atoms with Crippen LogP contribution in [0.2, 0.25) is 0 Å². The second kappa shape index (κ2) is 12.8. The van der Waals surface area contributed by atoms with E-state index in [1.54, 1.807) is 37.4 Å². The number of hydrogen-bond acceptors (Lipinski definition) is 8. The number of urea groups is 1. The summed E-state index contributed by atoms with van der Waals surface area (Å²) in [7, 11) is 3.80. The fourth-order valence-corrected chi connectivity index (χ4v) is 3.75. The molecular weight excluding hydrogens is 458 g/mol. The number of carbonyl (C=O) groups excluding carboxylic acids is 1. The predicted molar refractivity (Wildman–Crippen MR) is 141 cm³/mol. The number of piperazine rings is 1. The van der Waals surface area contributed by atoms with Crippen LogP contribution >= 0.6 is 0 Å². The minimum Gasteiger partial charge on any atom is -0.439 e. The Labute approximate surface area is 211 Å². The van der Waals surface area contributed by atoms with E-state index in [0.717, 1.165) is 38.4 Å². The van der Waals surface area contributed by atoms with Gasteiger partial charge in [-0.2, -0.15) is 0 Å². The maximum absolute atomic E-state index is 12.4. The Kier molecular flexibility index (Phi) is 9.03. The van der Waals surface area contributed by atoms with Crippen molar-refractivity contribution < 1.29 is 14.3 Å². The molecule has 4 rings (SSSR count). The summed E-state index contributed by atoms with van der Waals surface area (Å²) in [6, 6.07) is 16.5. The molecule has 1 aliphatic heterocycles. The molecule has 3 aromatic rings. The fourth-order valence-electron chi connectivity index (χ4n) is 3.75. The maximum atomic E-state index is 12.4. The molecule has 2 amide bonds. The molecule has 1 aliphatic rings. The molecule has 1 saturated heterocycles. The van der Waals surface area contributed by atoms with Gasteiger partial charge in [0.1, 0.15) is 17.9 Å². The summed E-state index contributed by atoms with van der Waals surface area (Å²) in [4.78, 5) is 25.5. The van der Waals surface area contributed by atoms with Crippen LogP contribution in [0.4, 0.5) is 22.0 Å². The SMILES string of the molecule is COCCNc1cc(Oc2ccc(NC(=O)Nc3ccc(CN4CCN(C)CC4)cc3)cc2)ncn1. The number of nitrogens with zero attached hydrogens (tertiary/aromatic N) is 4. The van der Waals surface area contributed by atoms with E-state index in [1.807, 2.05) is 12.1 Å². The Morgan fingerprint density at radius 1 is 0.944 bits per heavy atom. The third-order valence-electron chi connectivity index (χ3n) is 5.80. The zero-order chi connectivity index (χ0) is 25.2. The van der Waals surface area contributed by atoms with Crippen LogP contribution in [0.3, 0.4) is 0 Å². The Morgan fingerprint density at radius 2 is 1.61 bits per heavy atom. The van der Waals surface area contributed by atoms with Crippen molar-refractivity contribution in [3.05, 3.63) is 66.5 Å². The number of rotatable bonds is 10. The van der Waals surface area contributed by atoms with Gasteiger partial charge in [-0.1, -0.05) is 12.1 Å². The Balaban J connectivity index is 1.24. The summed E-state index contributed by atoms with van der Waals surface area (Å²) in [6.45, 7) is 6.49. The maximum Gasteiger partial charge on any atom is 0.323 e. The molecule has 10 heteroatoms. The first-order valence-electron chi connectivity index (χ1n) is 12.0. The average molecular weight is 492 g/mol. The monoisotopic (exact) mass is 491 g/mol. The van der Waals surface area contributed by atoms with Gasteiger partial charge in [-0.25, -0.2) is 14.8 Å². The Morgan fingerprint density at radius 3 is 2.28 bits per heavy atom. The quantitative estimate of drug-likeness (QED) is 0.369. The van der Waals surface area contributed by atoms with Gasteiger partial charge in [-0.15, -0.1) is 0 Å². The van der Waals surface area contributed by atoms with Crippen molar-refractivity contribution in [3.8, 4) is 11.6 Å². The number of ether oxygens (including phenoxy) is 2. The smallest absolute Gasteiger partial charge is 0.323 e. The average Bonchev–Trinajstić information content (AvgIpc) is 2.88. The molecule has 1 aromatic heterocycles. The lowest BCUT2D eigenvalue weighted by Crippen LogP contribution is -2.43. The molecule has 0 saturated carbocycles. The number of carbonyl (C=O) groups is 1. The largest absolute Gasteiger partial charge is 0.439 e. The molecule has 2 heterocycles. The molecule has 190 valence electrons. The number of anilines is 3. The number of hydrogen-bond donors (Lipinski definition) is 3. The molecule has 3 N–H and O–H groups in total. The minimum absolute atomic E-state index is 0.307. The number of amides is 2. The minimum atomic E-state index is -0.307. The van der Waals surface area contributed by atoms with Gasteiger partial charge >= 0.3 is 6.03 Å². The van der Waals surface area contributed by atoms with Gasteiger partial charge in [-0.3, -0.25) is 4.90 Å². The van der Waals surface area contributed by atoms with Gasteiger partial charge in [0.2, 0.25) is 5.88 Å². The van der Waals surface area contributed by atoms with Crippen LogP contribution in [0.1, 0.15) is 5.56 Å². The Hall–Kier alpha value is -3.73. The van der Waals surface area contributed by atoms with Crippen LogP contribution in [0.25, 0.3) is 0 Å². The molecule has 10 nitrogen and oxygen atoms in total. The first kappa shape index (κ1) is 25.4. The summed E-state index contributed by atoms with van der Waals surface area (Å²) in [5, 5.41) is 8.84. The Bertz CT molecular complexity index is 1100. The molecule has 0 spiro atoms. The number of nitrogens with one attached hydrogen (secondary N) is 3. The molecule has 1 fully saturated rings. The normalized spacial score (nSPS) is 14.3. The lowest BCUT2D eigenvalue weighted by atomic mass is 10.2. The number of likely N-dealkylation sites (N-methyl/N-ethyl adjacent to an activating group) is 1. The standard InChI is InChI=1S/C26H33N7O3/c1-32-12-14-33(15-13-32)18-20-3-5-21(6-4-20)30-26(34)31-22-7-9-23(10-8-22)36-25-17-24(28-19-29-25)27-11-16-35-2/h3-10,17,19H,11-16,18H2,1-2H3,(H,27,28,29)(H2,30,31,34). The summed E-state index contributed by atoms with van der Waals surface area (Å²) < 4.78 is 10.8. The van der Waals surface area contributed by atoms with Gasteiger partial charge in [0.05, 0.1) is 6.61 Å². The van der Waals surface area contributed by atoms with E-state index in [1.165, 1.54) is 11.9 Å². The zero-order valence-corrected chi connectivity index (χ0v) is 20.7. The third-order valence-corrected chi connectivity index (χ3v) is 5.80. The van der Waals surface area contributed by atoms with Gasteiger partial charge in [-0.05, 0) is 49.0 Å². The van der Waals surface area contributed by atoms with Gasteiger partial charge in [0, 0.05) is 63.8 Å². The predicted octanol–water partition coefficient (Wildman–Crippen LogP) is 3.72. The first-order chi connectivity index (χ1) is 17.6. The van der Waals surface area contributed by atoms with E-state index in [4.69, 9.17) is 9.47 Å². The summed E-state index contributed by atoms with van der Waals surface area (Å²) >= 11 is 0. The molecule has 0 bridgehead atoms. The lowest BCUT2D eigenvalue weighted by Gasteiger charge is -2.32. The zero-order valence-electron chi connectivity index (χ0n) is 20.7. The van der Waals surface area contributed by atoms with E-state index in [0.29, 0.717) is 36.3 Å². The molecular formula is C26H33N7O3. The van der Waals surface area contributed by atoms with Crippen molar-refractivity contribution in [1.82, 2.24) is 19.8 Å². The molecule has 0 radical (unpaired) electrons. The van der Waals surface area contributed by atoms with E-state index in [9.17, 15) is 4.79 Å². The van der Waals surface area contributed by atoms with Crippen LogP contribution in [0.5, 0.6) is 11.6 Å². The van der Waals surface area contributed by atoms with Crippen molar-refractivity contribution in [2.45, 2.75) is 6.54 Å².